The van der Waals surface area contributed by atoms with Gasteiger partial charge >= 0.3 is 5.97 Å². The van der Waals surface area contributed by atoms with Crippen molar-refractivity contribution < 1.29 is 19.0 Å². The van der Waals surface area contributed by atoms with Crippen LogP contribution in [0, 0.1) is 0 Å². The minimum atomic E-state index is -0.413. The van der Waals surface area contributed by atoms with Crippen LogP contribution in [-0.4, -0.2) is 19.7 Å². The standard InChI is InChI=1S/C22H20O4/c1-24-22(23)16-26-21-13-11-20(12-14-21)25-15-17-7-9-19(10-8-17)18-5-3-2-4-6-18/h2-14H,15-16H2,1H3. The van der Waals surface area contributed by atoms with E-state index in [-0.39, 0.29) is 6.61 Å². The molecule has 0 aromatic heterocycles. The summed E-state index contributed by atoms with van der Waals surface area (Å²) >= 11 is 0. The van der Waals surface area contributed by atoms with Gasteiger partial charge < -0.3 is 14.2 Å². The van der Waals surface area contributed by atoms with Crippen LogP contribution in [0.5, 0.6) is 11.5 Å². The fourth-order valence-electron chi connectivity index (χ4n) is 2.42. The second kappa shape index (κ2) is 8.72. The molecule has 0 radical (unpaired) electrons. The van der Waals surface area contributed by atoms with E-state index in [1.54, 1.807) is 12.1 Å². The largest absolute Gasteiger partial charge is 0.489 e. The van der Waals surface area contributed by atoms with Gasteiger partial charge in [0.1, 0.15) is 18.1 Å². The maximum atomic E-state index is 11.1. The summed E-state index contributed by atoms with van der Waals surface area (Å²) in [5.74, 6) is 0.918. The molecule has 0 bridgehead atoms. The molecule has 0 amide bonds. The molecule has 0 atom stereocenters. The molecule has 0 aliphatic rings. The summed E-state index contributed by atoms with van der Waals surface area (Å²) in [6.07, 6.45) is 0. The number of rotatable bonds is 7. The average Bonchev–Trinajstić information content (AvgIpc) is 2.72. The molecule has 3 rings (SSSR count). The highest BCUT2D eigenvalue weighted by Crippen LogP contribution is 2.21. The molecule has 26 heavy (non-hydrogen) atoms. The maximum Gasteiger partial charge on any atom is 0.343 e. The minimum Gasteiger partial charge on any atom is -0.489 e. The number of methoxy groups -OCH3 is 1. The number of benzene rings is 3. The first kappa shape index (κ1) is 17.5. The second-order valence-corrected chi connectivity index (χ2v) is 5.69. The lowest BCUT2D eigenvalue weighted by atomic mass is 10.0. The van der Waals surface area contributed by atoms with Crippen molar-refractivity contribution in [3.63, 3.8) is 0 Å². The van der Waals surface area contributed by atoms with E-state index in [9.17, 15) is 4.79 Å². The van der Waals surface area contributed by atoms with E-state index in [1.165, 1.54) is 18.2 Å². The molecular weight excluding hydrogens is 328 g/mol. The first-order chi connectivity index (χ1) is 12.7. The molecule has 0 saturated carbocycles. The van der Waals surface area contributed by atoms with Crippen LogP contribution in [0.4, 0.5) is 0 Å². The zero-order valence-electron chi connectivity index (χ0n) is 14.6. The van der Waals surface area contributed by atoms with Crippen molar-refractivity contribution in [2.24, 2.45) is 0 Å². The van der Waals surface area contributed by atoms with Crippen molar-refractivity contribution in [3.05, 3.63) is 84.4 Å². The molecule has 0 N–H and O–H groups in total. The SMILES string of the molecule is COC(=O)COc1ccc(OCc2ccc(-c3ccccc3)cc2)cc1. The van der Waals surface area contributed by atoms with E-state index < -0.39 is 5.97 Å². The topological polar surface area (TPSA) is 44.8 Å². The maximum absolute atomic E-state index is 11.1. The lowest BCUT2D eigenvalue weighted by Gasteiger charge is -2.09. The number of carbonyl (C=O) groups is 1. The number of hydrogen-bond acceptors (Lipinski definition) is 4. The third-order valence-corrected chi connectivity index (χ3v) is 3.87. The Kier molecular flexibility index (Phi) is 5.88. The molecule has 0 aliphatic carbocycles. The molecule has 0 saturated heterocycles. The van der Waals surface area contributed by atoms with Gasteiger partial charge in [-0.25, -0.2) is 4.79 Å². The fourth-order valence-corrected chi connectivity index (χ4v) is 2.42. The van der Waals surface area contributed by atoms with Crippen molar-refractivity contribution in [1.29, 1.82) is 0 Å². The monoisotopic (exact) mass is 348 g/mol. The Morgan fingerprint density at radius 3 is 1.92 bits per heavy atom. The van der Waals surface area contributed by atoms with Crippen LogP contribution < -0.4 is 9.47 Å². The normalized spacial score (nSPS) is 10.2. The highest BCUT2D eigenvalue weighted by Gasteiger charge is 2.03. The predicted molar refractivity (Wildman–Crippen MR) is 100 cm³/mol. The lowest BCUT2D eigenvalue weighted by Crippen LogP contribution is -2.12. The molecule has 3 aromatic carbocycles. The summed E-state index contributed by atoms with van der Waals surface area (Å²) in [6.45, 7) is 0.377. The number of ether oxygens (including phenoxy) is 3. The van der Waals surface area contributed by atoms with Gasteiger partial charge in [0.05, 0.1) is 7.11 Å². The van der Waals surface area contributed by atoms with Gasteiger partial charge in [0.15, 0.2) is 6.61 Å². The fraction of sp³-hybridized carbons (Fsp3) is 0.136. The molecular formula is C22H20O4. The first-order valence-electron chi connectivity index (χ1n) is 8.31. The van der Waals surface area contributed by atoms with E-state index in [0.717, 1.165) is 11.3 Å². The van der Waals surface area contributed by atoms with Crippen LogP contribution in [-0.2, 0) is 16.1 Å². The van der Waals surface area contributed by atoms with Crippen molar-refractivity contribution in [3.8, 4) is 22.6 Å². The van der Waals surface area contributed by atoms with E-state index in [1.807, 2.05) is 30.3 Å². The number of carbonyl (C=O) groups excluding carboxylic acids is 1. The third-order valence-electron chi connectivity index (χ3n) is 3.87. The highest BCUT2D eigenvalue weighted by molar-refractivity contribution is 5.70. The Hall–Kier alpha value is -3.27. The number of hydrogen-bond donors (Lipinski definition) is 0. The van der Waals surface area contributed by atoms with Gasteiger partial charge in [0, 0.05) is 0 Å². The van der Waals surface area contributed by atoms with E-state index in [4.69, 9.17) is 9.47 Å². The van der Waals surface area contributed by atoms with Crippen molar-refractivity contribution in [2.75, 3.05) is 13.7 Å². The van der Waals surface area contributed by atoms with Crippen LogP contribution in [0.2, 0.25) is 0 Å². The van der Waals surface area contributed by atoms with Crippen LogP contribution in [0.25, 0.3) is 11.1 Å². The molecule has 0 unspecified atom stereocenters. The third kappa shape index (κ3) is 4.86. The van der Waals surface area contributed by atoms with Crippen molar-refractivity contribution in [2.45, 2.75) is 6.61 Å². The lowest BCUT2D eigenvalue weighted by molar-refractivity contribution is -0.142. The Morgan fingerprint density at radius 2 is 1.31 bits per heavy atom. The zero-order chi connectivity index (χ0) is 18.2. The van der Waals surface area contributed by atoms with Gasteiger partial charge in [-0.15, -0.1) is 0 Å². The molecule has 0 heterocycles. The molecule has 4 heteroatoms. The minimum absolute atomic E-state index is 0.107. The second-order valence-electron chi connectivity index (χ2n) is 5.69. The highest BCUT2D eigenvalue weighted by atomic mass is 16.6. The molecule has 0 aliphatic heterocycles. The molecule has 4 nitrogen and oxygen atoms in total. The van der Waals surface area contributed by atoms with Crippen molar-refractivity contribution in [1.82, 2.24) is 0 Å². The van der Waals surface area contributed by atoms with E-state index in [0.29, 0.717) is 12.4 Å². The molecule has 3 aromatic rings. The summed E-state index contributed by atoms with van der Waals surface area (Å²) < 4.78 is 15.6. The summed E-state index contributed by atoms with van der Waals surface area (Å²) in [5, 5.41) is 0. The van der Waals surface area contributed by atoms with Crippen LogP contribution in [0.15, 0.2) is 78.9 Å². The Labute approximate surface area is 153 Å². The summed E-state index contributed by atoms with van der Waals surface area (Å²) in [6, 6.07) is 25.7. The van der Waals surface area contributed by atoms with Gasteiger partial charge in [-0.2, -0.15) is 0 Å². The number of esters is 1. The van der Waals surface area contributed by atoms with Crippen LogP contribution in [0.1, 0.15) is 5.56 Å². The summed E-state index contributed by atoms with van der Waals surface area (Å²) in [5.41, 5.74) is 3.47. The Morgan fingerprint density at radius 1 is 0.731 bits per heavy atom. The van der Waals surface area contributed by atoms with Gasteiger partial charge in [-0.3, -0.25) is 0 Å². The smallest absolute Gasteiger partial charge is 0.343 e. The van der Waals surface area contributed by atoms with Crippen molar-refractivity contribution >= 4 is 5.97 Å². The Bertz CT molecular complexity index is 824. The van der Waals surface area contributed by atoms with Crippen LogP contribution in [0.3, 0.4) is 0 Å². The van der Waals surface area contributed by atoms with Gasteiger partial charge in [-0.1, -0.05) is 54.6 Å². The first-order valence-corrected chi connectivity index (χ1v) is 8.31. The van der Waals surface area contributed by atoms with Gasteiger partial charge in [0.25, 0.3) is 0 Å². The Balaban J connectivity index is 1.53. The average molecular weight is 348 g/mol. The summed E-state index contributed by atoms with van der Waals surface area (Å²) in [7, 11) is 1.33. The molecule has 132 valence electrons. The summed E-state index contributed by atoms with van der Waals surface area (Å²) in [4.78, 5) is 11.1. The molecule has 0 spiro atoms. The van der Waals surface area contributed by atoms with Crippen LogP contribution >= 0.6 is 0 Å². The quantitative estimate of drug-likeness (QED) is 0.590. The molecule has 0 fully saturated rings. The zero-order valence-corrected chi connectivity index (χ0v) is 14.6. The van der Waals surface area contributed by atoms with E-state index >= 15 is 0 Å². The van der Waals surface area contributed by atoms with Gasteiger partial charge in [-0.05, 0) is 41.0 Å². The predicted octanol–water partition coefficient (Wildman–Crippen LogP) is 4.48. The van der Waals surface area contributed by atoms with Gasteiger partial charge in [0.2, 0.25) is 0 Å². The van der Waals surface area contributed by atoms with E-state index in [2.05, 4.69) is 41.1 Å².